The highest BCUT2D eigenvalue weighted by Gasteiger charge is 2.18. The molecule has 5 nitrogen and oxygen atoms in total. The van der Waals surface area contributed by atoms with E-state index in [4.69, 9.17) is 14.2 Å². The quantitative estimate of drug-likeness (QED) is 0.489. The third-order valence-electron chi connectivity index (χ3n) is 4.76. The molecule has 0 radical (unpaired) electrons. The molecule has 1 heterocycles. The Hall–Kier alpha value is -1.21. The first kappa shape index (κ1) is 20.1. The largest absolute Gasteiger partial charge is 0.494 e. The van der Waals surface area contributed by atoms with Gasteiger partial charge in [0.05, 0.1) is 6.61 Å². The molecule has 25 heavy (non-hydrogen) atoms. The maximum atomic E-state index is 12.8. The van der Waals surface area contributed by atoms with E-state index in [1.807, 2.05) is 0 Å². The molecular formula is C19H31FN2O3. The van der Waals surface area contributed by atoms with Crippen molar-refractivity contribution in [1.29, 1.82) is 0 Å². The van der Waals surface area contributed by atoms with E-state index < -0.39 is 0 Å². The van der Waals surface area contributed by atoms with Gasteiger partial charge >= 0.3 is 0 Å². The van der Waals surface area contributed by atoms with Gasteiger partial charge < -0.3 is 24.4 Å². The van der Waals surface area contributed by atoms with Gasteiger partial charge in [0.25, 0.3) is 0 Å². The number of nitrogens with zero attached hydrogens (tertiary/aromatic N) is 1. The smallest absolute Gasteiger partial charge is 0.169 e. The highest BCUT2D eigenvalue weighted by Crippen LogP contribution is 2.21. The van der Waals surface area contributed by atoms with Gasteiger partial charge in [0, 0.05) is 33.9 Å². The summed E-state index contributed by atoms with van der Waals surface area (Å²) in [7, 11) is 3.31. The van der Waals surface area contributed by atoms with Crippen molar-refractivity contribution in [3.63, 3.8) is 0 Å². The summed E-state index contributed by atoms with van der Waals surface area (Å²) in [5, 5.41) is 3.36. The Morgan fingerprint density at radius 1 is 1.16 bits per heavy atom. The minimum Gasteiger partial charge on any atom is -0.494 e. The topological polar surface area (TPSA) is 43.0 Å². The molecule has 1 aliphatic rings. The van der Waals surface area contributed by atoms with Gasteiger partial charge in [-0.2, -0.15) is 0 Å². The van der Waals surface area contributed by atoms with Crippen LogP contribution in [0.25, 0.3) is 0 Å². The van der Waals surface area contributed by atoms with E-state index in [0.717, 1.165) is 44.3 Å². The number of ether oxygens (including phenoxy) is 3. The van der Waals surface area contributed by atoms with Crippen molar-refractivity contribution in [1.82, 2.24) is 10.2 Å². The lowest BCUT2D eigenvalue weighted by atomic mass is 9.94. The SMILES string of the molecule is COC(CNCCN1CCC(CCOc2ccc(F)cc2)CC1)OC. The lowest BCUT2D eigenvalue weighted by Crippen LogP contribution is -2.40. The van der Waals surface area contributed by atoms with Crippen LogP contribution in [-0.2, 0) is 9.47 Å². The van der Waals surface area contributed by atoms with Crippen LogP contribution in [0.15, 0.2) is 24.3 Å². The molecule has 0 spiro atoms. The molecule has 6 heteroatoms. The molecule has 0 unspecified atom stereocenters. The van der Waals surface area contributed by atoms with Crippen LogP contribution in [0.5, 0.6) is 5.75 Å². The molecule has 1 N–H and O–H groups in total. The molecular weight excluding hydrogens is 323 g/mol. The van der Waals surface area contributed by atoms with Crippen molar-refractivity contribution in [2.75, 3.05) is 53.6 Å². The zero-order valence-electron chi connectivity index (χ0n) is 15.4. The third-order valence-corrected chi connectivity index (χ3v) is 4.76. The van der Waals surface area contributed by atoms with Crippen LogP contribution in [0.2, 0.25) is 0 Å². The summed E-state index contributed by atoms with van der Waals surface area (Å²) in [5.74, 6) is 1.24. The van der Waals surface area contributed by atoms with Gasteiger partial charge in [-0.3, -0.25) is 0 Å². The number of piperidine rings is 1. The monoisotopic (exact) mass is 354 g/mol. The Morgan fingerprint density at radius 3 is 2.48 bits per heavy atom. The van der Waals surface area contributed by atoms with Crippen molar-refractivity contribution in [3.8, 4) is 5.75 Å². The zero-order valence-corrected chi connectivity index (χ0v) is 15.4. The predicted molar refractivity (Wildman–Crippen MR) is 96.4 cm³/mol. The summed E-state index contributed by atoms with van der Waals surface area (Å²) >= 11 is 0. The van der Waals surface area contributed by atoms with Crippen LogP contribution in [0.1, 0.15) is 19.3 Å². The summed E-state index contributed by atoms with van der Waals surface area (Å²) in [6.07, 6.45) is 3.32. The molecule has 1 aromatic carbocycles. The molecule has 0 atom stereocenters. The van der Waals surface area contributed by atoms with Crippen LogP contribution >= 0.6 is 0 Å². The number of likely N-dealkylation sites (tertiary alicyclic amines) is 1. The first-order valence-electron chi connectivity index (χ1n) is 9.08. The van der Waals surface area contributed by atoms with Crippen LogP contribution in [-0.4, -0.2) is 64.7 Å². The summed E-state index contributed by atoms with van der Waals surface area (Å²) < 4.78 is 28.9. The van der Waals surface area contributed by atoms with E-state index in [1.54, 1.807) is 26.4 Å². The summed E-state index contributed by atoms with van der Waals surface area (Å²) in [5.41, 5.74) is 0. The highest BCUT2D eigenvalue weighted by atomic mass is 19.1. The number of hydrogen-bond acceptors (Lipinski definition) is 5. The summed E-state index contributed by atoms with van der Waals surface area (Å²) in [6, 6.07) is 6.23. The second-order valence-electron chi connectivity index (χ2n) is 6.48. The van der Waals surface area contributed by atoms with Gasteiger partial charge in [-0.25, -0.2) is 4.39 Å². The lowest BCUT2D eigenvalue weighted by Gasteiger charge is -2.32. The second kappa shape index (κ2) is 11.4. The fourth-order valence-corrected chi connectivity index (χ4v) is 3.09. The average Bonchev–Trinajstić information content (AvgIpc) is 2.65. The van der Waals surface area contributed by atoms with Crippen molar-refractivity contribution >= 4 is 0 Å². The fraction of sp³-hybridized carbons (Fsp3) is 0.684. The Labute approximate surface area is 150 Å². The van der Waals surface area contributed by atoms with E-state index in [1.165, 1.54) is 25.0 Å². The molecule has 0 bridgehead atoms. The van der Waals surface area contributed by atoms with Crippen LogP contribution < -0.4 is 10.1 Å². The number of hydrogen-bond donors (Lipinski definition) is 1. The van der Waals surface area contributed by atoms with Crippen molar-refractivity contribution in [2.24, 2.45) is 5.92 Å². The number of nitrogens with one attached hydrogen (secondary N) is 1. The highest BCUT2D eigenvalue weighted by molar-refractivity contribution is 5.21. The molecule has 1 aliphatic heterocycles. The van der Waals surface area contributed by atoms with Gasteiger partial charge in [0.15, 0.2) is 6.29 Å². The van der Waals surface area contributed by atoms with Gasteiger partial charge in [-0.15, -0.1) is 0 Å². The second-order valence-corrected chi connectivity index (χ2v) is 6.48. The first-order chi connectivity index (χ1) is 12.2. The van der Waals surface area contributed by atoms with E-state index >= 15 is 0 Å². The van der Waals surface area contributed by atoms with Crippen molar-refractivity contribution in [2.45, 2.75) is 25.6 Å². The Bertz CT molecular complexity index is 460. The van der Waals surface area contributed by atoms with E-state index in [9.17, 15) is 4.39 Å². The fourth-order valence-electron chi connectivity index (χ4n) is 3.09. The summed E-state index contributed by atoms with van der Waals surface area (Å²) in [4.78, 5) is 2.50. The molecule has 2 rings (SSSR count). The van der Waals surface area contributed by atoms with E-state index in [2.05, 4.69) is 10.2 Å². The zero-order chi connectivity index (χ0) is 17.9. The molecule has 0 amide bonds. The molecule has 1 saturated heterocycles. The van der Waals surface area contributed by atoms with Crippen LogP contribution in [0.4, 0.5) is 4.39 Å². The van der Waals surface area contributed by atoms with Gasteiger partial charge in [-0.05, 0) is 62.5 Å². The Balaban J connectivity index is 1.52. The normalized spacial score (nSPS) is 16.5. The Morgan fingerprint density at radius 2 is 1.84 bits per heavy atom. The average molecular weight is 354 g/mol. The molecule has 0 saturated carbocycles. The first-order valence-corrected chi connectivity index (χ1v) is 9.08. The predicted octanol–water partition coefficient (Wildman–Crippen LogP) is 2.52. The molecule has 142 valence electrons. The molecule has 1 aromatic rings. The van der Waals surface area contributed by atoms with Crippen LogP contribution in [0.3, 0.4) is 0 Å². The Kier molecular flexibility index (Phi) is 9.18. The van der Waals surface area contributed by atoms with Gasteiger partial charge in [0.1, 0.15) is 11.6 Å². The lowest BCUT2D eigenvalue weighted by molar-refractivity contribution is -0.0987. The van der Waals surface area contributed by atoms with E-state index in [-0.39, 0.29) is 12.1 Å². The summed E-state index contributed by atoms with van der Waals surface area (Å²) in [6.45, 7) is 5.69. The van der Waals surface area contributed by atoms with Crippen molar-refractivity contribution in [3.05, 3.63) is 30.1 Å². The molecule has 0 aromatic heterocycles. The number of benzene rings is 1. The molecule has 1 fully saturated rings. The third kappa shape index (κ3) is 7.69. The standard InChI is InChI=1S/C19H31FN2O3/c1-23-19(24-2)15-21-10-13-22-11-7-16(8-12-22)9-14-25-18-5-3-17(20)4-6-18/h3-6,16,19,21H,7-15H2,1-2H3. The maximum Gasteiger partial charge on any atom is 0.169 e. The van der Waals surface area contributed by atoms with Gasteiger partial charge in [0.2, 0.25) is 0 Å². The number of methoxy groups -OCH3 is 2. The number of halogens is 1. The minimum absolute atomic E-state index is 0.174. The van der Waals surface area contributed by atoms with Crippen LogP contribution in [0, 0.1) is 11.7 Å². The number of rotatable bonds is 11. The van der Waals surface area contributed by atoms with Crippen molar-refractivity contribution < 1.29 is 18.6 Å². The van der Waals surface area contributed by atoms with Gasteiger partial charge in [-0.1, -0.05) is 0 Å². The maximum absolute atomic E-state index is 12.8. The van der Waals surface area contributed by atoms with E-state index in [0.29, 0.717) is 13.2 Å². The minimum atomic E-state index is -0.228. The molecule has 0 aliphatic carbocycles.